The van der Waals surface area contributed by atoms with Gasteiger partial charge in [0.25, 0.3) is 0 Å². The Hall–Kier alpha value is -0.380. The Labute approximate surface area is 103 Å². The van der Waals surface area contributed by atoms with E-state index in [-0.39, 0.29) is 19.3 Å². The van der Waals surface area contributed by atoms with Gasteiger partial charge in [-0.05, 0) is 19.3 Å². The van der Waals surface area contributed by atoms with Gasteiger partial charge in [0, 0.05) is 0 Å². The molecular formula is C11H23O5P. The van der Waals surface area contributed by atoms with Crippen molar-refractivity contribution in [3.8, 4) is 0 Å². The molecule has 6 heteroatoms. The van der Waals surface area contributed by atoms with Crippen LogP contribution in [0.2, 0.25) is 0 Å². The van der Waals surface area contributed by atoms with E-state index in [4.69, 9.17) is 4.74 Å². The van der Waals surface area contributed by atoms with Crippen molar-refractivity contribution in [2.24, 2.45) is 0 Å². The Morgan fingerprint density at radius 1 is 1.24 bits per heavy atom. The summed E-state index contributed by atoms with van der Waals surface area (Å²) in [5, 5.41) is -1.27. The third kappa shape index (κ3) is 4.78. The Balaban J connectivity index is 4.56. The summed E-state index contributed by atoms with van der Waals surface area (Å²) in [6.07, 6.45) is 1.99. The van der Waals surface area contributed by atoms with E-state index in [1.54, 1.807) is 13.8 Å². The molecule has 17 heavy (non-hydrogen) atoms. The molecule has 0 rings (SSSR count). The molecule has 102 valence electrons. The summed E-state index contributed by atoms with van der Waals surface area (Å²) >= 11 is 0. The maximum Gasteiger partial charge on any atom is 0.332 e. The molecular weight excluding hydrogens is 243 g/mol. The summed E-state index contributed by atoms with van der Waals surface area (Å²) in [6.45, 7) is 5.66. The van der Waals surface area contributed by atoms with E-state index in [1.165, 1.54) is 0 Å². The van der Waals surface area contributed by atoms with Crippen LogP contribution in [0.3, 0.4) is 0 Å². The molecule has 0 aromatic heterocycles. The van der Waals surface area contributed by atoms with Gasteiger partial charge >= 0.3 is 13.6 Å². The van der Waals surface area contributed by atoms with Crippen molar-refractivity contribution < 1.29 is 23.9 Å². The molecule has 0 spiro atoms. The quantitative estimate of drug-likeness (QED) is 0.400. The fourth-order valence-electron chi connectivity index (χ4n) is 1.66. The monoisotopic (exact) mass is 266 g/mol. The van der Waals surface area contributed by atoms with Crippen LogP contribution >= 0.6 is 7.60 Å². The maximum absolute atomic E-state index is 11.5. The molecule has 0 heterocycles. The first kappa shape index (κ1) is 16.6. The van der Waals surface area contributed by atoms with Gasteiger partial charge in [-0.15, -0.1) is 0 Å². The molecule has 0 saturated carbocycles. The second-order valence-electron chi connectivity index (χ2n) is 4.23. The van der Waals surface area contributed by atoms with Gasteiger partial charge in [0.15, 0.2) is 0 Å². The smallest absolute Gasteiger partial charge is 0.332 e. The topological polar surface area (TPSA) is 83.8 Å². The maximum atomic E-state index is 11.5. The van der Waals surface area contributed by atoms with Crippen molar-refractivity contribution in [3.63, 3.8) is 0 Å². The number of esters is 1. The average molecular weight is 266 g/mol. The van der Waals surface area contributed by atoms with Gasteiger partial charge in [0.1, 0.15) is 0 Å². The molecule has 0 atom stereocenters. The third-order valence-corrected chi connectivity index (χ3v) is 5.19. The highest BCUT2D eigenvalue weighted by Crippen LogP contribution is 2.56. The number of hydrogen-bond donors (Lipinski definition) is 2. The van der Waals surface area contributed by atoms with Crippen molar-refractivity contribution in [3.05, 3.63) is 0 Å². The first-order valence-corrected chi connectivity index (χ1v) is 7.65. The molecule has 0 aliphatic carbocycles. The molecule has 0 unspecified atom stereocenters. The summed E-state index contributed by atoms with van der Waals surface area (Å²) < 4.78 is 16.4. The van der Waals surface area contributed by atoms with Gasteiger partial charge in [0.2, 0.25) is 0 Å². The Morgan fingerprint density at radius 3 is 2.12 bits per heavy atom. The van der Waals surface area contributed by atoms with Gasteiger partial charge in [0.05, 0.1) is 18.2 Å². The minimum absolute atomic E-state index is 0.214. The van der Waals surface area contributed by atoms with Crippen molar-refractivity contribution in [1.82, 2.24) is 0 Å². The summed E-state index contributed by atoms with van der Waals surface area (Å²) in [6, 6.07) is 0. The van der Waals surface area contributed by atoms with Crippen LogP contribution in [0.1, 0.15) is 52.9 Å². The normalized spacial score (nSPS) is 12.5. The number of carbonyl (C=O) groups excluding carboxylic acids is 1. The molecule has 0 radical (unpaired) electrons. The third-order valence-electron chi connectivity index (χ3n) is 3.17. The molecule has 0 aliphatic heterocycles. The van der Waals surface area contributed by atoms with Gasteiger partial charge in [-0.1, -0.05) is 27.2 Å². The van der Waals surface area contributed by atoms with Crippen LogP contribution in [0.25, 0.3) is 0 Å². The molecule has 0 bridgehead atoms. The molecule has 0 fully saturated rings. The fraction of sp³-hybridized carbons (Fsp3) is 0.909. The predicted octanol–water partition coefficient (Wildman–Crippen LogP) is 2.46. The van der Waals surface area contributed by atoms with Crippen LogP contribution < -0.4 is 0 Å². The molecule has 0 aliphatic rings. The van der Waals surface area contributed by atoms with Gasteiger partial charge in [-0.2, -0.15) is 0 Å². The van der Waals surface area contributed by atoms with Crippen LogP contribution in [-0.2, 0) is 14.1 Å². The lowest BCUT2D eigenvalue weighted by Gasteiger charge is -2.31. The number of rotatable bonds is 8. The summed E-state index contributed by atoms with van der Waals surface area (Å²) in [7, 11) is -4.30. The lowest BCUT2D eigenvalue weighted by Crippen LogP contribution is -2.31. The van der Waals surface area contributed by atoms with E-state index < -0.39 is 18.7 Å². The van der Waals surface area contributed by atoms with Crippen molar-refractivity contribution in [2.45, 2.75) is 58.0 Å². The summed E-state index contributed by atoms with van der Waals surface area (Å²) in [5.41, 5.74) is 0. The lowest BCUT2D eigenvalue weighted by atomic mass is 9.98. The van der Waals surface area contributed by atoms with Crippen LogP contribution in [0, 0.1) is 0 Å². The number of ether oxygens (including phenoxy) is 1. The summed E-state index contributed by atoms with van der Waals surface area (Å²) in [5.74, 6) is -0.523. The van der Waals surface area contributed by atoms with Crippen molar-refractivity contribution in [2.75, 3.05) is 6.61 Å². The van der Waals surface area contributed by atoms with Crippen LogP contribution in [0.5, 0.6) is 0 Å². The number of carbonyl (C=O) groups is 1. The lowest BCUT2D eigenvalue weighted by molar-refractivity contribution is -0.144. The van der Waals surface area contributed by atoms with E-state index in [9.17, 15) is 19.1 Å². The van der Waals surface area contributed by atoms with Crippen LogP contribution in [-0.4, -0.2) is 27.5 Å². The Kier molecular flexibility index (Phi) is 6.98. The van der Waals surface area contributed by atoms with E-state index in [0.29, 0.717) is 6.61 Å². The van der Waals surface area contributed by atoms with E-state index in [0.717, 1.165) is 12.8 Å². The minimum atomic E-state index is -4.30. The zero-order chi connectivity index (χ0) is 13.5. The predicted molar refractivity (Wildman–Crippen MR) is 65.8 cm³/mol. The van der Waals surface area contributed by atoms with Crippen LogP contribution in [0.15, 0.2) is 0 Å². The molecule has 0 aromatic carbocycles. The molecule has 0 saturated heterocycles. The molecule has 5 nitrogen and oxygen atoms in total. The Morgan fingerprint density at radius 2 is 1.76 bits per heavy atom. The van der Waals surface area contributed by atoms with Crippen molar-refractivity contribution in [1.29, 1.82) is 0 Å². The summed E-state index contributed by atoms with van der Waals surface area (Å²) in [4.78, 5) is 30.2. The highest BCUT2D eigenvalue weighted by molar-refractivity contribution is 7.53. The fourth-order valence-corrected chi connectivity index (χ4v) is 2.82. The van der Waals surface area contributed by atoms with Crippen molar-refractivity contribution >= 4 is 13.6 Å². The van der Waals surface area contributed by atoms with Gasteiger partial charge < -0.3 is 14.5 Å². The first-order valence-electron chi connectivity index (χ1n) is 6.04. The number of hydrogen-bond acceptors (Lipinski definition) is 3. The molecule has 0 aromatic rings. The van der Waals surface area contributed by atoms with E-state index >= 15 is 0 Å². The second kappa shape index (κ2) is 7.14. The minimum Gasteiger partial charge on any atom is -0.466 e. The highest BCUT2D eigenvalue weighted by atomic mass is 31.2. The first-order chi connectivity index (χ1) is 7.83. The number of unbranched alkanes of at least 4 members (excludes halogenated alkanes) is 1. The van der Waals surface area contributed by atoms with E-state index in [1.807, 2.05) is 6.92 Å². The van der Waals surface area contributed by atoms with Crippen LogP contribution in [0.4, 0.5) is 0 Å². The largest absolute Gasteiger partial charge is 0.466 e. The van der Waals surface area contributed by atoms with E-state index in [2.05, 4.69) is 0 Å². The second-order valence-corrected chi connectivity index (χ2v) is 6.26. The SMILES string of the molecule is CCCCOC(=O)CC(CC)(CC)P(=O)(O)O. The highest BCUT2D eigenvalue weighted by Gasteiger charge is 2.45. The standard InChI is InChI=1S/C11H23O5P/c1-4-7-8-16-10(12)9-11(5-2,6-3)17(13,14)15/h4-9H2,1-3H3,(H2,13,14,15). The Bertz CT molecular complexity index is 280. The average Bonchev–Trinajstić information content (AvgIpc) is 2.24. The molecule has 2 N–H and O–H groups in total. The van der Waals surface area contributed by atoms with Gasteiger partial charge in [-0.3, -0.25) is 9.36 Å². The molecule has 0 amide bonds. The zero-order valence-electron chi connectivity index (χ0n) is 10.8. The van der Waals surface area contributed by atoms with Gasteiger partial charge in [-0.25, -0.2) is 0 Å². The zero-order valence-corrected chi connectivity index (χ0v) is 11.7.